The number of aryl methyl sites for hydroxylation is 1. The normalized spacial score (nSPS) is 14.9. The Labute approximate surface area is 184 Å². The molecular formula is C23H23FN4O2S. The van der Waals surface area contributed by atoms with Gasteiger partial charge < -0.3 is 5.32 Å². The van der Waals surface area contributed by atoms with Crippen LogP contribution < -0.4 is 10.2 Å². The first-order valence-corrected chi connectivity index (χ1v) is 11.1. The minimum Gasteiger partial charge on any atom is -0.351 e. The summed E-state index contributed by atoms with van der Waals surface area (Å²) in [5.74, 6) is -1.30. The van der Waals surface area contributed by atoms with Gasteiger partial charge in [-0.2, -0.15) is 0 Å². The van der Waals surface area contributed by atoms with Gasteiger partial charge in [-0.25, -0.2) is 4.39 Å². The lowest BCUT2D eigenvalue weighted by molar-refractivity contribution is -0.123. The molecular weight excluding hydrogens is 415 g/mol. The number of hydrogen-bond donors (Lipinski definition) is 1. The van der Waals surface area contributed by atoms with Crippen LogP contribution in [-0.4, -0.2) is 27.4 Å². The molecule has 3 aromatic rings. The molecule has 0 radical (unpaired) electrons. The van der Waals surface area contributed by atoms with Gasteiger partial charge in [0, 0.05) is 17.1 Å². The largest absolute Gasteiger partial charge is 0.351 e. The number of carbonyl (C=O) groups is 2. The van der Waals surface area contributed by atoms with Crippen molar-refractivity contribution in [3.8, 4) is 0 Å². The van der Waals surface area contributed by atoms with Crippen molar-refractivity contribution in [2.75, 3.05) is 4.90 Å². The molecule has 1 saturated carbocycles. The molecule has 4 rings (SSSR count). The van der Waals surface area contributed by atoms with Crippen LogP contribution in [0, 0.1) is 12.7 Å². The molecule has 8 heteroatoms. The molecule has 2 aromatic carbocycles. The first kappa shape index (κ1) is 21.1. The maximum atomic E-state index is 14.1. The van der Waals surface area contributed by atoms with E-state index in [-0.39, 0.29) is 23.3 Å². The Balaban J connectivity index is 1.80. The molecule has 0 bridgehead atoms. The van der Waals surface area contributed by atoms with Gasteiger partial charge in [0.25, 0.3) is 5.91 Å². The highest BCUT2D eigenvalue weighted by atomic mass is 32.1. The second-order valence-corrected chi connectivity index (χ2v) is 8.36. The molecule has 1 N–H and O–H groups in total. The van der Waals surface area contributed by atoms with E-state index >= 15 is 0 Å². The maximum Gasteiger partial charge on any atom is 0.280 e. The number of anilines is 1. The van der Waals surface area contributed by atoms with Gasteiger partial charge in [-0.15, -0.1) is 5.10 Å². The van der Waals surface area contributed by atoms with Gasteiger partial charge in [0.15, 0.2) is 5.69 Å². The lowest BCUT2D eigenvalue weighted by Crippen LogP contribution is -2.46. The van der Waals surface area contributed by atoms with Crippen LogP contribution in [0.25, 0.3) is 0 Å². The fourth-order valence-corrected chi connectivity index (χ4v) is 4.34. The summed E-state index contributed by atoms with van der Waals surface area (Å²) in [6, 6.07) is 12.2. The van der Waals surface area contributed by atoms with Crippen molar-refractivity contribution < 1.29 is 14.0 Å². The summed E-state index contributed by atoms with van der Waals surface area (Å²) in [5, 5.41) is 8.51. The highest BCUT2D eigenvalue weighted by molar-refractivity contribution is 7.03. The quantitative estimate of drug-likeness (QED) is 0.618. The van der Waals surface area contributed by atoms with Crippen molar-refractivity contribution in [1.82, 2.24) is 14.9 Å². The van der Waals surface area contributed by atoms with Crippen LogP contribution in [0.4, 0.5) is 10.1 Å². The third-order valence-corrected chi connectivity index (χ3v) is 5.99. The summed E-state index contributed by atoms with van der Waals surface area (Å²) in [5.41, 5.74) is 2.07. The Morgan fingerprint density at radius 2 is 1.90 bits per heavy atom. The lowest BCUT2D eigenvalue weighted by Gasteiger charge is -2.32. The van der Waals surface area contributed by atoms with Crippen LogP contribution in [0.1, 0.15) is 53.3 Å². The SMILES string of the molecule is Cc1ccc([C@H](C(=O)NC2CCCC2)N(C(=O)c2csnn2)c2cccc(F)c2)cc1. The van der Waals surface area contributed by atoms with E-state index in [0.717, 1.165) is 42.8 Å². The molecule has 1 aliphatic carbocycles. The van der Waals surface area contributed by atoms with Crippen molar-refractivity contribution in [2.24, 2.45) is 0 Å². The summed E-state index contributed by atoms with van der Waals surface area (Å²) in [7, 11) is 0. The lowest BCUT2D eigenvalue weighted by atomic mass is 10.0. The van der Waals surface area contributed by atoms with E-state index in [1.54, 1.807) is 6.07 Å². The van der Waals surface area contributed by atoms with Gasteiger partial charge in [0.2, 0.25) is 5.91 Å². The molecule has 1 aliphatic rings. The summed E-state index contributed by atoms with van der Waals surface area (Å²) in [4.78, 5) is 28.3. The van der Waals surface area contributed by atoms with Crippen molar-refractivity contribution in [3.63, 3.8) is 0 Å². The van der Waals surface area contributed by atoms with E-state index in [1.807, 2.05) is 31.2 Å². The van der Waals surface area contributed by atoms with Crippen LogP contribution in [-0.2, 0) is 4.79 Å². The number of nitrogens with zero attached hydrogens (tertiary/aromatic N) is 3. The molecule has 1 atom stereocenters. The maximum absolute atomic E-state index is 14.1. The number of halogens is 1. The minimum absolute atomic E-state index is 0.0749. The highest BCUT2D eigenvalue weighted by Gasteiger charge is 2.35. The summed E-state index contributed by atoms with van der Waals surface area (Å²) >= 11 is 1.04. The van der Waals surface area contributed by atoms with E-state index in [0.29, 0.717) is 5.56 Å². The van der Waals surface area contributed by atoms with Gasteiger partial charge in [0.1, 0.15) is 11.9 Å². The topological polar surface area (TPSA) is 75.2 Å². The van der Waals surface area contributed by atoms with Gasteiger partial charge in [-0.05, 0) is 55.1 Å². The number of hydrogen-bond acceptors (Lipinski definition) is 5. The molecule has 6 nitrogen and oxygen atoms in total. The fraction of sp³-hybridized carbons (Fsp3) is 0.304. The Kier molecular flexibility index (Phi) is 6.36. The standard InChI is InChI=1S/C23H23FN4O2S/c1-15-9-11-16(12-10-15)21(22(29)25-18-6-2-3-7-18)28(19-8-4-5-17(24)13-19)23(30)20-14-31-27-26-20/h4-5,8-14,18,21H,2-3,6-7H2,1H3,(H,25,29)/t21-/m1/s1. The summed E-state index contributed by atoms with van der Waals surface area (Å²) in [6.45, 7) is 1.95. The molecule has 160 valence electrons. The Morgan fingerprint density at radius 1 is 1.16 bits per heavy atom. The second-order valence-electron chi connectivity index (χ2n) is 7.75. The van der Waals surface area contributed by atoms with E-state index < -0.39 is 17.8 Å². The zero-order valence-corrected chi connectivity index (χ0v) is 17.9. The zero-order chi connectivity index (χ0) is 21.8. The second kappa shape index (κ2) is 9.34. The zero-order valence-electron chi connectivity index (χ0n) is 17.1. The minimum atomic E-state index is -0.975. The fourth-order valence-electron chi connectivity index (χ4n) is 3.91. The third kappa shape index (κ3) is 4.80. The third-order valence-electron chi connectivity index (χ3n) is 5.49. The first-order valence-electron chi connectivity index (χ1n) is 10.3. The predicted octanol–water partition coefficient (Wildman–Crippen LogP) is 4.43. The Morgan fingerprint density at radius 3 is 2.55 bits per heavy atom. The van der Waals surface area contributed by atoms with E-state index in [9.17, 15) is 14.0 Å². The number of aromatic nitrogens is 2. The molecule has 0 aliphatic heterocycles. The van der Waals surface area contributed by atoms with E-state index in [4.69, 9.17) is 0 Å². The van der Waals surface area contributed by atoms with Crippen molar-refractivity contribution in [3.05, 3.63) is 76.5 Å². The number of rotatable bonds is 6. The average Bonchev–Trinajstić information content (AvgIpc) is 3.46. The predicted molar refractivity (Wildman–Crippen MR) is 117 cm³/mol. The van der Waals surface area contributed by atoms with Crippen LogP contribution >= 0.6 is 11.5 Å². The van der Waals surface area contributed by atoms with E-state index in [1.165, 1.54) is 28.5 Å². The summed E-state index contributed by atoms with van der Waals surface area (Å²) in [6.07, 6.45) is 3.96. The Bertz CT molecular complexity index is 1050. The van der Waals surface area contributed by atoms with Gasteiger partial charge in [-0.3, -0.25) is 14.5 Å². The molecule has 1 heterocycles. The summed E-state index contributed by atoms with van der Waals surface area (Å²) < 4.78 is 17.9. The van der Waals surface area contributed by atoms with Gasteiger partial charge in [0.05, 0.1) is 0 Å². The monoisotopic (exact) mass is 438 g/mol. The van der Waals surface area contributed by atoms with Crippen LogP contribution in [0.5, 0.6) is 0 Å². The molecule has 0 saturated heterocycles. The number of benzene rings is 2. The van der Waals surface area contributed by atoms with Crippen LogP contribution in [0.3, 0.4) is 0 Å². The molecule has 1 fully saturated rings. The Hall–Kier alpha value is -3.13. The number of nitrogens with one attached hydrogen (secondary N) is 1. The molecule has 1 aromatic heterocycles. The smallest absolute Gasteiger partial charge is 0.280 e. The van der Waals surface area contributed by atoms with Crippen molar-refractivity contribution >= 4 is 29.0 Å². The molecule has 0 spiro atoms. The van der Waals surface area contributed by atoms with Crippen molar-refractivity contribution in [1.29, 1.82) is 0 Å². The van der Waals surface area contributed by atoms with E-state index in [2.05, 4.69) is 14.9 Å². The average molecular weight is 439 g/mol. The molecule has 2 amide bonds. The van der Waals surface area contributed by atoms with Crippen LogP contribution in [0.2, 0.25) is 0 Å². The van der Waals surface area contributed by atoms with Gasteiger partial charge >= 0.3 is 0 Å². The first-order chi connectivity index (χ1) is 15.0. The van der Waals surface area contributed by atoms with Crippen LogP contribution in [0.15, 0.2) is 53.9 Å². The molecule has 0 unspecified atom stereocenters. The van der Waals surface area contributed by atoms with Crippen molar-refractivity contribution in [2.45, 2.75) is 44.7 Å². The van der Waals surface area contributed by atoms with Gasteiger partial charge in [-0.1, -0.05) is 53.2 Å². The molecule has 31 heavy (non-hydrogen) atoms. The number of carbonyl (C=O) groups excluding carboxylic acids is 2. The number of amides is 2. The highest BCUT2D eigenvalue weighted by Crippen LogP contribution is 2.31.